The first kappa shape index (κ1) is 12.5. The van der Waals surface area contributed by atoms with Crippen molar-refractivity contribution in [3.63, 3.8) is 0 Å². The zero-order valence-electron chi connectivity index (χ0n) is 10.9. The fraction of sp³-hybridized carbons (Fsp3) is 0.643. The van der Waals surface area contributed by atoms with E-state index in [-0.39, 0.29) is 0 Å². The number of pyridine rings is 1. The first-order valence-corrected chi connectivity index (χ1v) is 6.69. The Balaban J connectivity index is 2.15. The Morgan fingerprint density at radius 1 is 1.35 bits per heavy atom. The number of hydrogen-bond donors (Lipinski definition) is 1. The van der Waals surface area contributed by atoms with Crippen LogP contribution in [-0.2, 0) is 0 Å². The molecule has 0 radical (unpaired) electrons. The molecule has 1 saturated heterocycles. The van der Waals surface area contributed by atoms with Gasteiger partial charge in [0, 0.05) is 31.9 Å². The molecule has 2 heterocycles. The molecule has 1 fully saturated rings. The van der Waals surface area contributed by atoms with E-state index in [0.29, 0.717) is 6.04 Å². The molecule has 0 spiro atoms. The molecule has 0 aromatic carbocycles. The van der Waals surface area contributed by atoms with Gasteiger partial charge in [-0.3, -0.25) is 9.88 Å². The molecule has 0 unspecified atom stereocenters. The van der Waals surface area contributed by atoms with Crippen LogP contribution < -0.4 is 5.32 Å². The van der Waals surface area contributed by atoms with Gasteiger partial charge in [-0.1, -0.05) is 19.4 Å². The van der Waals surface area contributed by atoms with Crippen molar-refractivity contribution in [2.45, 2.75) is 32.7 Å². The number of nitrogens with one attached hydrogen (secondary N) is 1. The maximum absolute atomic E-state index is 4.71. The first-order chi connectivity index (χ1) is 8.31. The molecule has 2 rings (SSSR count). The molecule has 0 aliphatic carbocycles. The van der Waals surface area contributed by atoms with Crippen molar-refractivity contribution in [2.24, 2.45) is 0 Å². The zero-order chi connectivity index (χ0) is 12.1. The minimum Gasteiger partial charge on any atom is -0.314 e. The highest BCUT2D eigenvalue weighted by atomic mass is 15.2. The zero-order valence-corrected chi connectivity index (χ0v) is 10.9. The molecule has 0 bridgehead atoms. The lowest BCUT2D eigenvalue weighted by molar-refractivity contribution is 0.161. The minimum atomic E-state index is 0.502. The highest BCUT2D eigenvalue weighted by Crippen LogP contribution is 2.24. The SMILES string of the molecule is CCC[C@@H](c1cccc(C)n1)N1CCNCC1. The molecule has 1 N–H and O–H groups in total. The molecular weight excluding hydrogens is 210 g/mol. The summed E-state index contributed by atoms with van der Waals surface area (Å²) in [5.74, 6) is 0. The highest BCUT2D eigenvalue weighted by Gasteiger charge is 2.22. The number of hydrogen-bond acceptors (Lipinski definition) is 3. The molecule has 3 heteroatoms. The van der Waals surface area contributed by atoms with Gasteiger partial charge in [0.1, 0.15) is 0 Å². The standard InChI is InChI=1S/C14H23N3/c1-3-5-14(17-10-8-15-9-11-17)13-7-4-6-12(2)16-13/h4,6-7,14-15H,3,5,8-11H2,1-2H3/t14-/m0/s1. The van der Waals surface area contributed by atoms with Crippen LogP contribution >= 0.6 is 0 Å². The third kappa shape index (κ3) is 3.27. The summed E-state index contributed by atoms with van der Waals surface area (Å²) in [6.07, 6.45) is 2.42. The largest absolute Gasteiger partial charge is 0.314 e. The lowest BCUT2D eigenvalue weighted by Gasteiger charge is -2.34. The maximum Gasteiger partial charge on any atom is 0.0578 e. The summed E-state index contributed by atoms with van der Waals surface area (Å²) in [4.78, 5) is 7.28. The summed E-state index contributed by atoms with van der Waals surface area (Å²) in [5.41, 5.74) is 2.37. The number of piperazine rings is 1. The highest BCUT2D eigenvalue weighted by molar-refractivity contribution is 5.14. The van der Waals surface area contributed by atoms with Crippen LogP contribution in [0.15, 0.2) is 18.2 Å². The monoisotopic (exact) mass is 233 g/mol. The van der Waals surface area contributed by atoms with E-state index in [1.54, 1.807) is 0 Å². The predicted octanol–water partition coefficient (Wildman–Crippen LogP) is 2.14. The van der Waals surface area contributed by atoms with Crippen LogP contribution in [0.4, 0.5) is 0 Å². The summed E-state index contributed by atoms with van der Waals surface area (Å²) in [6.45, 7) is 8.81. The van der Waals surface area contributed by atoms with Crippen molar-refractivity contribution >= 4 is 0 Å². The van der Waals surface area contributed by atoms with Crippen molar-refractivity contribution < 1.29 is 0 Å². The van der Waals surface area contributed by atoms with Crippen molar-refractivity contribution in [2.75, 3.05) is 26.2 Å². The van der Waals surface area contributed by atoms with Gasteiger partial charge in [-0.05, 0) is 25.5 Å². The average molecular weight is 233 g/mol. The van der Waals surface area contributed by atoms with E-state index in [1.165, 1.54) is 18.5 Å². The predicted molar refractivity (Wildman–Crippen MR) is 71.1 cm³/mol. The van der Waals surface area contributed by atoms with Crippen molar-refractivity contribution in [3.05, 3.63) is 29.6 Å². The second-order valence-electron chi connectivity index (χ2n) is 4.79. The summed E-state index contributed by atoms with van der Waals surface area (Å²) >= 11 is 0. The summed E-state index contributed by atoms with van der Waals surface area (Å²) in [7, 11) is 0. The van der Waals surface area contributed by atoms with E-state index >= 15 is 0 Å². The van der Waals surface area contributed by atoms with Crippen LogP contribution in [0.25, 0.3) is 0 Å². The van der Waals surface area contributed by atoms with Crippen molar-refractivity contribution in [1.29, 1.82) is 0 Å². The average Bonchev–Trinajstić information content (AvgIpc) is 2.37. The Hall–Kier alpha value is -0.930. The van der Waals surface area contributed by atoms with Gasteiger partial charge in [0.05, 0.1) is 11.7 Å². The van der Waals surface area contributed by atoms with E-state index in [2.05, 4.69) is 42.3 Å². The van der Waals surface area contributed by atoms with Crippen LogP contribution in [-0.4, -0.2) is 36.1 Å². The summed E-state index contributed by atoms with van der Waals surface area (Å²) < 4.78 is 0. The van der Waals surface area contributed by atoms with E-state index in [9.17, 15) is 0 Å². The Labute approximate surface area is 104 Å². The molecule has 1 aliphatic rings. The van der Waals surface area contributed by atoms with Crippen LogP contribution in [0, 0.1) is 6.92 Å². The Kier molecular flexibility index (Phi) is 4.51. The number of rotatable bonds is 4. The molecule has 1 aromatic rings. The molecule has 17 heavy (non-hydrogen) atoms. The third-order valence-corrected chi connectivity index (χ3v) is 3.41. The second-order valence-corrected chi connectivity index (χ2v) is 4.79. The summed E-state index contributed by atoms with van der Waals surface area (Å²) in [6, 6.07) is 6.88. The fourth-order valence-corrected chi connectivity index (χ4v) is 2.53. The van der Waals surface area contributed by atoms with Crippen molar-refractivity contribution in [1.82, 2.24) is 15.2 Å². The van der Waals surface area contributed by atoms with Gasteiger partial charge in [-0.25, -0.2) is 0 Å². The molecule has 1 aromatic heterocycles. The van der Waals surface area contributed by atoms with Gasteiger partial charge in [0.15, 0.2) is 0 Å². The topological polar surface area (TPSA) is 28.2 Å². The van der Waals surface area contributed by atoms with E-state index in [4.69, 9.17) is 4.98 Å². The Morgan fingerprint density at radius 2 is 2.12 bits per heavy atom. The number of aromatic nitrogens is 1. The first-order valence-electron chi connectivity index (χ1n) is 6.69. The van der Waals surface area contributed by atoms with Crippen molar-refractivity contribution in [3.8, 4) is 0 Å². The molecule has 0 saturated carbocycles. The van der Waals surface area contributed by atoms with Gasteiger partial charge >= 0.3 is 0 Å². The Bertz CT molecular complexity index is 345. The van der Waals surface area contributed by atoms with E-state index in [0.717, 1.165) is 31.9 Å². The minimum absolute atomic E-state index is 0.502. The smallest absolute Gasteiger partial charge is 0.0578 e. The number of aryl methyl sites for hydroxylation is 1. The molecule has 3 nitrogen and oxygen atoms in total. The quantitative estimate of drug-likeness (QED) is 0.863. The maximum atomic E-state index is 4.71. The van der Waals surface area contributed by atoms with E-state index in [1.807, 2.05) is 0 Å². The van der Waals surface area contributed by atoms with E-state index < -0.39 is 0 Å². The molecule has 94 valence electrons. The van der Waals surface area contributed by atoms with Gasteiger partial charge in [0.25, 0.3) is 0 Å². The molecule has 1 aliphatic heterocycles. The fourth-order valence-electron chi connectivity index (χ4n) is 2.53. The van der Waals surface area contributed by atoms with Gasteiger partial charge < -0.3 is 5.32 Å². The van der Waals surface area contributed by atoms with Gasteiger partial charge in [-0.15, -0.1) is 0 Å². The Morgan fingerprint density at radius 3 is 2.76 bits per heavy atom. The normalized spacial score (nSPS) is 19.2. The lowest BCUT2D eigenvalue weighted by Crippen LogP contribution is -2.45. The number of nitrogens with zero attached hydrogens (tertiary/aromatic N) is 2. The summed E-state index contributed by atoms with van der Waals surface area (Å²) in [5, 5.41) is 3.41. The van der Waals surface area contributed by atoms with Gasteiger partial charge in [-0.2, -0.15) is 0 Å². The van der Waals surface area contributed by atoms with Gasteiger partial charge in [0.2, 0.25) is 0 Å². The molecule has 0 amide bonds. The second kappa shape index (κ2) is 6.12. The lowest BCUT2D eigenvalue weighted by atomic mass is 10.0. The third-order valence-electron chi connectivity index (χ3n) is 3.41. The molecule has 1 atom stereocenters. The molecular formula is C14H23N3. The van der Waals surface area contributed by atoms with Crippen LogP contribution in [0.5, 0.6) is 0 Å². The van der Waals surface area contributed by atoms with Crippen LogP contribution in [0.1, 0.15) is 37.2 Å². The van der Waals surface area contributed by atoms with Crippen LogP contribution in [0.3, 0.4) is 0 Å². The van der Waals surface area contributed by atoms with Crippen LogP contribution in [0.2, 0.25) is 0 Å².